The molecule has 2 heterocycles. The molecule has 0 aromatic carbocycles. The zero-order valence-corrected chi connectivity index (χ0v) is 10.5. The van der Waals surface area contributed by atoms with Gasteiger partial charge in [-0.15, -0.1) is 0 Å². The number of methoxy groups -OCH3 is 1. The van der Waals surface area contributed by atoms with E-state index < -0.39 is 5.91 Å². The van der Waals surface area contributed by atoms with Crippen molar-refractivity contribution in [3.63, 3.8) is 0 Å². The summed E-state index contributed by atoms with van der Waals surface area (Å²) in [6, 6.07) is 0. The van der Waals surface area contributed by atoms with Crippen LogP contribution in [-0.4, -0.2) is 27.4 Å². The Balaban J connectivity index is 2.78. The summed E-state index contributed by atoms with van der Waals surface area (Å²) in [5, 5.41) is 0. The van der Waals surface area contributed by atoms with E-state index in [0.29, 0.717) is 17.4 Å². The number of amides is 1. The highest BCUT2D eigenvalue weighted by molar-refractivity contribution is 5.92. The van der Waals surface area contributed by atoms with E-state index in [4.69, 9.17) is 10.6 Å². The van der Waals surface area contributed by atoms with Crippen LogP contribution in [-0.2, 0) is 6.42 Å². The number of fused-ring (bicyclic) bond motifs is 1. The van der Waals surface area contributed by atoms with E-state index in [9.17, 15) is 4.79 Å². The van der Waals surface area contributed by atoms with Crippen molar-refractivity contribution in [1.82, 2.24) is 19.8 Å². The van der Waals surface area contributed by atoms with Gasteiger partial charge in [-0.05, 0) is 13.3 Å². The van der Waals surface area contributed by atoms with Crippen LogP contribution in [0.1, 0.15) is 28.7 Å². The van der Waals surface area contributed by atoms with Gasteiger partial charge in [0.1, 0.15) is 5.69 Å². The molecule has 0 fully saturated rings. The van der Waals surface area contributed by atoms with Crippen molar-refractivity contribution in [2.45, 2.75) is 20.3 Å². The number of hydrogen-bond acceptors (Lipinski definition) is 5. The minimum atomic E-state index is -0.403. The number of aromatic nitrogens is 3. The van der Waals surface area contributed by atoms with Crippen molar-refractivity contribution in [3.8, 4) is 5.88 Å². The van der Waals surface area contributed by atoms with E-state index in [1.54, 1.807) is 11.5 Å². The topological polar surface area (TPSA) is 94.5 Å². The van der Waals surface area contributed by atoms with Crippen LogP contribution in [0.4, 0.5) is 0 Å². The molecule has 1 amide bonds. The summed E-state index contributed by atoms with van der Waals surface area (Å²) >= 11 is 0. The molecule has 2 rings (SSSR count). The van der Waals surface area contributed by atoms with Crippen LogP contribution in [0, 0.1) is 6.92 Å². The third kappa shape index (κ3) is 1.68. The molecule has 7 heteroatoms. The number of nitrogens with zero attached hydrogens (tertiary/aromatic N) is 3. The number of nitrogens with two attached hydrogens (primary N) is 1. The minimum Gasteiger partial charge on any atom is -0.481 e. The number of carbonyl (C=O) groups excluding carboxylic acids is 1. The van der Waals surface area contributed by atoms with E-state index in [1.165, 1.54) is 6.20 Å². The second-order valence-corrected chi connectivity index (χ2v) is 3.79. The van der Waals surface area contributed by atoms with Crippen LogP contribution in [0.3, 0.4) is 0 Å². The largest absolute Gasteiger partial charge is 0.481 e. The lowest BCUT2D eigenvalue weighted by atomic mass is 10.2. The summed E-state index contributed by atoms with van der Waals surface area (Å²) in [5.74, 6) is 5.69. The maximum Gasteiger partial charge on any atom is 0.283 e. The van der Waals surface area contributed by atoms with Gasteiger partial charge in [0.2, 0.25) is 11.7 Å². The molecule has 2 aromatic rings. The molecule has 3 N–H and O–H groups in total. The van der Waals surface area contributed by atoms with Gasteiger partial charge in [0, 0.05) is 11.3 Å². The Morgan fingerprint density at radius 3 is 2.89 bits per heavy atom. The highest BCUT2D eigenvalue weighted by Gasteiger charge is 2.18. The summed E-state index contributed by atoms with van der Waals surface area (Å²) in [5.41, 5.74) is 4.26. The number of imidazole rings is 1. The number of nitrogen functional groups attached to an aromatic ring is 1. The lowest BCUT2D eigenvalue weighted by molar-refractivity contribution is 0.0947. The molecule has 96 valence electrons. The lowest BCUT2D eigenvalue weighted by Gasteiger charge is -2.12. The Hall–Kier alpha value is -2.15. The molecule has 0 aliphatic rings. The minimum absolute atomic E-state index is 0.356. The molecule has 0 saturated heterocycles. The monoisotopic (exact) mass is 249 g/mol. The second-order valence-electron chi connectivity index (χ2n) is 3.79. The van der Waals surface area contributed by atoms with Gasteiger partial charge in [-0.25, -0.2) is 10.8 Å². The first kappa shape index (κ1) is 12.3. The summed E-state index contributed by atoms with van der Waals surface area (Å²) in [4.78, 5) is 20.0. The molecule has 0 aliphatic heterocycles. The summed E-state index contributed by atoms with van der Waals surface area (Å²) in [6.45, 7) is 3.89. The molecule has 0 bridgehead atoms. The molecule has 0 atom stereocenters. The first-order valence-electron chi connectivity index (χ1n) is 5.55. The molecule has 0 unspecified atom stereocenters. The Morgan fingerprint density at radius 1 is 1.61 bits per heavy atom. The Bertz CT molecular complexity index is 605. The zero-order valence-electron chi connectivity index (χ0n) is 10.5. The van der Waals surface area contributed by atoms with Crippen molar-refractivity contribution in [2.75, 3.05) is 7.11 Å². The predicted molar refractivity (Wildman–Crippen MR) is 65.3 cm³/mol. The smallest absolute Gasteiger partial charge is 0.283 e. The Kier molecular flexibility index (Phi) is 3.15. The SMILES string of the molecule is CCc1c(OC)nc2ncc(C(=O)NN)n2c1C. The number of aryl methyl sites for hydroxylation is 1. The maximum absolute atomic E-state index is 11.6. The van der Waals surface area contributed by atoms with Gasteiger partial charge in [0.25, 0.3) is 5.91 Å². The number of hydrogen-bond donors (Lipinski definition) is 2. The van der Waals surface area contributed by atoms with E-state index >= 15 is 0 Å². The van der Waals surface area contributed by atoms with Gasteiger partial charge >= 0.3 is 0 Å². The average Bonchev–Trinajstić information content (AvgIpc) is 2.81. The van der Waals surface area contributed by atoms with Gasteiger partial charge in [-0.3, -0.25) is 14.6 Å². The van der Waals surface area contributed by atoms with Crippen LogP contribution in [0.5, 0.6) is 5.88 Å². The van der Waals surface area contributed by atoms with E-state index in [2.05, 4.69) is 15.4 Å². The van der Waals surface area contributed by atoms with Crippen molar-refractivity contribution in [2.24, 2.45) is 5.84 Å². The molecule has 7 nitrogen and oxygen atoms in total. The molecular formula is C11H15N5O2. The first-order valence-corrected chi connectivity index (χ1v) is 5.55. The lowest BCUT2D eigenvalue weighted by Crippen LogP contribution is -2.31. The van der Waals surface area contributed by atoms with Crippen LogP contribution < -0.4 is 16.0 Å². The van der Waals surface area contributed by atoms with Gasteiger partial charge < -0.3 is 4.74 Å². The molecular weight excluding hydrogens is 234 g/mol. The van der Waals surface area contributed by atoms with Crippen LogP contribution in [0.2, 0.25) is 0 Å². The third-order valence-electron chi connectivity index (χ3n) is 2.89. The fraction of sp³-hybridized carbons (Fsp3) is 0.364. The van der Waals surface area contributed by atoms with Crippen molar-refractivity contribution < 1.29 is 9.53 Å². The van der Waals surface area contributed by atoms with Crippen LogP contribution >= 0.6 is 0 Å². The van der Waals surface area contributed by atoms with Crippen molar-refractivity contribution in [1.29, 1.82) is 0 Å². The quantitative estimate of drug-likeness (QED) is 0.460. The predicted octanol–water partition coefficient (Wildman–Crippen LogP) is 0.212. The highest BCUT2D eigenvalue weighted by atomic mass is 16.5. The fourth-order valence-corrected chi connectivity index (χ4v) is 2.01. The fourth-order valence-electron chi connectivity index (χ4n) is 2.01. The standard InChI is InChI=1S/C11H15N5O2/c1-4-7-6(2)16-8(9(17)15-12)5-13-11(16)14-10(7)18-3/h5H,4,12H2,1-3H3,(H,15,17). The van der Waals surface area contributed by atoms with E-state index in [0.717, 1.165) is 17.7 Å². The Labute approximate surface area is 104 Å². The normalized spacial score (nSPS) is 10.7. The average molecular weight is 249 g/mol. The third-order valence-corrected chi connectivity index (χ3v) is 2.89. The van der Waals surface area contributed by atoms with Gasteiger partial charge in [-0.1, -0.05) is 6.92 Å². The van der Waals surface area contributed by atoms with Crippen molar-refractivity contribution in [3.05, 3.63) is 23.1 Å². The summed E-state index contributed by atoms with van der Waals surface area (Å²) < 4.78 is 6.90. The maximum atomic E-state index is 11.6. The Morgan fingerprint density at radius 2 is 2.33 bits per heavy atom. The highest BCUT2D eigenvalue weighted by Crippen LogP contribution is 2.22. The zero-order chi connectivity index (χ0) is 13.3. The molecule has 0 spiro atoms. The van der Waals surface area contributed by atoms with Gasteiger partial charge in [-0.2, -0.15) is 4.98 Å². The van der Waals surface area contributed by atoms with Crippen LogP contribution in [0.25, 0.3) is 5.78 Å². The summed E-state index contributed by atoms with van der Waals surface area (Å²) in [7, 11) is 1.56. The molecule has 2 aromatic heterocycles. The van der Waals surface area contributed by atoms with Crippen molar-refractivity contribution >= 4 is 11.7 Å². The van der Waals surface area contributed by atoms with Gasteiger partial charge in [0.15, 0.2) is 0 Å². The summed E-state index contributed by atoms with van der Waals surface area (Å²) in [6.07, 6.45) is 2.19. The number of carbonyl (C=O) groups is 1. The first-order chi connectivity index (χ1) is 8.63. The molecule has 18 heavy (non-hydrogen) atoms. The number of rotatable bonds is 3. The van der Waals surface area contributed by atoms with E-state index in [1.807, 2.05) is 13.8 Å². The van der Waals surface area contributed by atoms with E-state index in [-0.39, 0.29) is 0 Å². The van der Waals surface area contributed by atoms with Crippen LogP contribution in [0.15, 0.2) is 6.20 Å². The number of nitrogens with one attached hydrogen (secondary N) is 1. The number of hydrazine groups is 1. The number of ether oxygens (including phenoxy) is 1. The molecule has 0 aliphatic carbocycles. The van der Waals surface area contributed by atoms with Gasteiger partial charge in [0.05, 0.1) is 13.3 Å². The molecule has 0 radical (unpaired) electrons. The second kappa shape index (κ2) is 4.61. The molecule has 0 saturated carbocycles.